The highest BCUT2D eigenvalue weighted by Crippen LogP contribution is 2.04. The Balaban J connectivity index is 2.27. The molecule has 1 aromatic carbocycles. The van der Waals surface area contributed by atoms with Crippen molar-refractivity contribution in [3.05, 3.63) is 35.9 Å². The van der Waals surface area contributed by atoms with Gasteiger partial charge in [-0.2, -0.15) is 0 Å². The average Bonchev–Trinajstić information content (AvgIpc) is 2.37. The molecule has 2 N–H and O–H groups in total. The first-order valence-corrected chi connectivity index (χ1v) is 6.19. The minimum atomic E-state index is -0.978. The van der Waals surface area contributed by atoms with Crippen molar-refractivity contribution in [2.45, 2.75) is 38.6 Å². The summed E-state index contributed by atoms with van der Waals surface area (Å²) in [4.78, 5) is 22.3. The molecule has 4 nitrogen and oxygen atoms in total. The van der Waals surface area contributed by atoms with Crippen LogP contribution >= 0.6 is 0 Å². The third-order valence-corrected chi connectivity index (χ3v) is 2.75. The van der Waals surface area contributed by atoms with Crippen molar-refractivity contribution in [1.29, 1.82) is 0 Å². The summed E-state index contributed by atoms with van der Waals surface area (Å²) in [5.41, 5.74) is 1.19. The van der Waals surface area contributed by atoms with E-state index in [9.17, 15) is 9.59 Å². The number of aliphatic carboxylic acids is 1. The Morgan fingerprint density at radius 2 is 1.94 bits per heavy atom. The van der Waals surface area contributed by atoms with Gasteiger partial charge in [0.1, 0.15) is 6.04 Å². The Kier molecular flexibility index (Phi) is 5.91. The highest BCUT2D eigenvalue weighted by Gasteiger charge is 2.16. The molecule has 0 aliphatic rings. The minimum Gasteiger partial charge on any atom is -0.480 e. The highest BCUT2D eigenvalue weighted by molar-refractivity contribution is 5.83. The number of amides is 1. The molecule has 0 bridgehead atoms. The smallest absolute Gasteiger partial charge is 0.326 e. The minimum absolute atomic E-state index is 0.194. The molecule has 0 saturated heterocycles. The van der Waals surface area contributed by atoms with Crippen molar-refractivity contribution in [3.63, 3.8) is 0 Å². The van der Waals surface area contributed by atoms with Gasteiger partial charge in [-0.1, -0.05) is 37.3 Å². The molecule has 18 heavy (non-hydrogen) atoms. The number of rotatable bonds is 7. The standard InChI is InChI=1S/C14H19NO3/c1-2-12(14(17)18)15-13(16)10-6-9-11-7-4-3-5-8-11/h3-5,7-8,12H,2,6,9-10H2,1H3,(H,15,16)(H,17,18). The van der Waals surface area contributed by atoms with Crippen LogP contribution in [0.3, 0.4) is 0 Å². The fourth-order valence-corrected chi connectivity index (χ4v) is 1.70. The summed E-state index contributed by atoms with van der Waals surface area (Å²) in [5, 5.41) is 11.3. The molecule has 0 heterocycles. The second kappa shape index (κ2) is 7.48. The molecule has 1 rings (SSSR count). The summed E-state index contributed by atoms with van der Waals surface area (Å²) < 4.78 is 0. The molecule has 0 radical (unpaired) electrons. The van der Waals surface area contributed by atoms with Gasteiger partial charge in [-0.3, -0.25) is 4.79 Å². The number of carbonyl (C=O) groups excluding carboxylic acids is 1. The number of nitrogens with one attached hydrogen (secondary N) is 1. The number of carbonyl (C=O) groups is 2. The SMILES string of the molecule is CCC(NC(=O)CCCc1ccccc1)C(=O)O. The third kappa shape index (κ3) is 4.99. The van der Waals surface area contributed by atoms with E-state index >= 15 is 0 Å². The van der Waals surface area contributed by atoms with Crippen molar-refractivity contribution in [1.82, 2.24) is 5.32 Å². The lowest BCUT2D eigenvalue weighted by Gasteiger charge is -2.11. The van der Waals surface area contributed by atoms with Gasteiger partial charge < -0.3 is 10.4 Å². The summed E-state index contributed by atoms with van der Waals surface area (Å²) in [5.74, 6) is -1.17. The lowest BCUT2D eigenvalue weighted by molar-refractivity contribution is -0.141. The van der Waals surface area contributed by atoms with Crippen LogP contribution in [0.2, 0.25) is 0 Å². The fraction of sp³-hybridized carbons (Fsp3) is 0.429. The highest BCUT2D eigenvalue weighted by atomic mass is 16.4. The summed E-state index contributed by atoms with van der Waals surface area (Å²) >= 11 is 0. The first-order valence-electron chi connectivity index (χ1n) is 6.19. The maximum Gasteiger partial charge on any atom is 0.326 e. The number of hydrogen-bond donors (Lipinski definition) is 2. The zero-order chi connectivity index (χ0) is 13.4. The van der Waals surface area contributed by atoms with Crippen molar-refractivity contribution in [3.8, 4) is 0 Å². The number of aryl methyl sites for hydroxylation is 1. The van der Waals surface area contributed by atoms with E-state index in [1.165, 1.54) is 5.56 Å². The van der Waals surface area contributed by atoms with Gasteiger partial charge >= 0.3 is 5.97 Å². The molecular formula is C14H19NO3. The predicted octanol–water partition coefficient (Wildman–Crippen LogP) is 1.99. The van der Waals surface area contributed by atoms with Crippen LogP contribution in [0.4, 0.5) is 0 Å². The molecule has 1 unspecified atom stereocenters. The van der Waals surface area contributed by atoms with Gasteiger partial charge in [-0.25, -0.2) is 4.79 Å². The predicted molar refractivity (Wildman–Crippen MR) is 69.2 cm³/mol. The monoisotopic (exact) mass is 249 g/mol. The Hall–Kier alpha value is -1.84. The van der Waals surface area contributed by atoms with Crippen LogP contribution < -0.4 is 5.32 Å². The van der Waals surface area contributed by atoms with Crippen molar-refractivity contribution in [2.75, 3.05) is 0 Å². The van der Waals surface area contributed by atoms with E-state index in [2.05, 4.69) is 5.32 Å². The zero-order valence-corrected chi connectivity index (χ0v) is 10.6. The summed E-state index contributed by atoms with van der Waals surface area (Å²) in [6.45, 7) is 1.74. The van der Waals surface area contributed by atoms with E-state index in [0.717, 1.165) is 12.8 Å². The normalized spacial score (nSPS) is 11.8. The van der Waals surface area contributed by atoms with Crippen LogP contribution in [0.25, 0.3) is 0 Å². The van der Waals surface area contributed by atoms with Crippen LogP contribution in [0, 0.1) is 0 Å². The van der Waals surface area contributed by atoms with E-state index in [-0.39, 0.29) is 5.91 Å². The van der Waals surface area contributed by atoms with Crippen LogP contribution in [-0.2, 0) is 16.0 Å². The summed E-state index contributed by atoms with van der Waals surface area (Å²) in [6, 6.07) is 9.15. The van der Waals surface area contributed by atoms with Gasteiger partial charge in [0, 0.05) is 6.42 Å². The molecule has 98 valence electrons. The zero-order valence-electron chi connectivity index (χ0n) is 10.6. The lowest BCUT2D eigenvalue weighted by Crippen LogP contribution is -2.40. The molecule has 0 aliphatic heterocycles. The second-order valence-electron chi connectivity index (χ2n) is 4.21. The molecule has 0 aliphatic carbocycles. The van der Waals surface area contributed by atoms with E-state index < -0.39 is 12.0 Å². The first kappa shape index (κ1) is 14.2. The quantitative estimate of drug-likeness (QED) is 0.776. The molecule has 0 aromatic heterocycles. The van der Waals surface area contributed by atoms with Gasteiger partial charge in [0.25, 0.3) is 0 Å². The Morgan fingerprint density at radius 1 is 1.28 bits per heavy atom. The van der Waals surface area contributed by atoms with Gasteiger partial charge in [0.2, 0.25) is 5.91 Å². The summed E-state index contributed by atoms with van der Waals surface area (Å²) in [6.07, 6.45) is 2.32. The molecule has 0 spiro atoms. The second-order valence-corrected chi connectivity index (χ2v) is 4.21. The largest absolute Gasteiger partial charge is 0.480 e. The van der Waals surface area contributed by atoms with Gasteiger partial charge in [-0.05, 0) is 24.8 Å². The van der Waals surface area contributed by atoms with Gasteiger partial charge in [0.15, 0.2) is 0 Å². The van der Waals surface area contributed by atoms with Crippen LogP contribution in [-0.4, -0.2) is 23.0 Å². The Morgan fingerprint density at radius 3 is 2.50 bits per heavy atom. The van der Waals surface area contributed by atoms with E-state index in [1.807, 2.05) is 30.3 Å². The number of carboxylic acids is 1. The first-order chi connectivity index (χ1) is 8.63. The van der Waals surface area contributed by atoms with Crippen LogP contribution in [0.1, 0.15) is 31.7 Å². The topological polar surface area (TPSA) is 66.4 Å². The number of carboxylic acid groups (broad SMARTS) is 1. The maximum atomic E-state index is 11.5. The van der Waals surface area contributed by atoms with Crippen LogP contribution in [0.15, 0.2) is 30.3 Å². The fourth-order valence-electron chi connectivity index (χ4n) is 1.70. The molecule has 0 fully saturated rings. The number of hydrogen-bond acceptors (Lipinski definition) is 2. The molecule has 1 aromatic rings. The van der Waals surface area contributed by atoms with Crippen molar-refractivity contribution in [2.24, 2.45) is 0 Å². The average molecular weight is 249 g/mol. The molecular weight excluding hydrogens is 230 g/mol. The van der Waals surface area contributed by atoms with Crippen LogP contribution in [0.5, 0.6) is 0 Å². The van der Waals surface area contributed by atoms with Gasteiger partial charge in [0.05, 0.1) is 0 Å². The van der Waals surface area contributed by atoms with Gasteiger partial charge in [-0.15, -0.1) is 0 Å². The third-order valence-electron chi connectivity index (χ3n) is 2.75. The number of benzene rings is 1. The van der Waals surface area contributed by atoms with Crippen molar-refractivity contribution >= 4 is 11.9 Å². The van der Waals surface area contributed by atoms with Crippen molar-refractivity contribution < 1.29 is 14.7 Å². The van der Waals surface area contributed by atoms with E-state index in [1.54, 1.807) is 6.92 Å². The molecule has 1 amide bonds. The lowest BCUT2D eigenvalue weighted by atomic mass is 10.1. The Bertz CT molecular complexity index is 389. The van der Waals surface area contributed by atoms with E-state index in [4.69, 9.17) is 5.11 Å². The summed E-state index contributed by atoms with van der Waals surface area (Å²) in [7, 11) is 0. The molecule has 0 saturated carbocycles. The Labute approximate surface area is 107 Å². The van der Waals surface area contributed by atoms with E-state index in [0.29, 0.717) is 12.8 Å². The molecule has 1 atom stereocenters. The maximum absolute atomic E-state index is 11.5. The molecule has 4 heteroatoms.